The topological polar surface area (TPSA) is 96.0 Å². The van der Waals surface area contributed by atoms with Crippen LogP contribution >= 0.6 is 12.4 Å². The van der Waals surface area contributed by atoms with Crippen LogP contribution in [0.1, 0.15) is 11.1 Å². The van der Waals surface area contributed by atoms with Gasteiger partial charge < -0.3 is 28.4 Å². The number of carbonyl (C=O) groups is 2. The molecular formula is C32H47ClN2O8. The zero-order valence-corrected chi connectivity index (χ0v) is 25.9. The quantitative estimate of drug-likeness (QED) is 0.205. The Morgan fingerprint density at radius 2 is 0.930 bits per heavy atom. The maximum atomic E-state index is 11.6. The first-order chi connectivity index (χ1) is 20.7. The lowest BCUT2D eigenvalue weighted by molar-refractivity contribution is -0.145. The number of hydrogen-bond donors (Lipinski definition) is 0. The van der Waals surface area contributed by atoms with Crippen LogP contribution in [0, 0.1) is 0 Å². The van der Waals surface area contributed by atoms with E-state index in [4.69, 9.17) is 28.4 Å². The molecule has 2 heterocycles. The fourth-order valence-electron chi connectivity index (χ4n) is 4.30. The second kappa shape index (κ2) is 23.8. The van der Waals surface area contributed by atoms with Gasteiger partial charge in [-0.05, 0) is 11.1 Å². The highest BCUT2D eigenvalue weighted by molar-refractivity contribution is 5.85. The summed E-state index contributed by atoms with van der Waals surface area (Å²) in [7, 11) is 0. The van der Waals surface area contributed by atoms with Gasteiger partial charge in [-0.2, -0.15) is 0 Å². The van der Waals surface area contributed by atoms with E-state index in [1.165, 1.54) is 0 Å². The Kier molecular flexibility index (Phi) is 20.3. The Balaban J connectivity index is 0.000000293. The van der Waals surface area contributed by atoms with Gasteiger partial charge in [0, 0.05) is 39.3 Å². The van der Waals surface area contributed by atoms with E-state index in [2.05, 4.69) is 9.80 Å². The average Bonchev–Trinajstić information content (AvgIpc) is 3.03. The first-order valence-electron chi connectivity index (χ1n) is 14.8. The molecule has 0 aromatic heterocycles. The SMILES string of the molecule is Cl.O=C(Cc1ccccc1)OCCOCCN1CCOCC1.O=C(Cc1ccccc1)OCCOCCN1CCOCC1. The molecule has 2 fully saturated rings. The van der Waals surface area contributed by atoms with E-state index in [0.29, 0.717) is 52.5 Å². The van der Waals surface area contributed by atoms with Gasteiger partial charge in [0.1, 0.15) is 13.2 Å². The molecule has 11 heteroatoms. The zero-order chi connectivity index (χ0) is 29.5. The first-order valence-corrected chi connectivity index (χ1v) is 14.8. The number of esters is 2. The average molecular weight is 623 g/mol. The van der Waals surface area contributed by atoms with E-state index >= 15 is 0 Å². The van der Waals surface area contributed by atoms with Crippen LogP contribution < -0.4 is 0 Å². The third-order valence-electron chi connectivity index (χ3n) is 6.68. The lowest BCUT2D eigenvalue weighted by Crippen LogP contribution is -2.38. The maximum Gasteiger partial charge on any atom is 0.310 e. The van der Waals surface area contributed by atoms with Gasteiger partial charge in [-0.25, -0.2) is 0 Å². The Labute approximate surface area is 261 Å². The predicted molar refractivity (Wildman–Crippen MR) is 166 cm³/mol. The largest absolute Gasteiger partial charge is 0.463 e. The third-order valence-corrected chi connectivity index (χ3v) is 6.68. The van der Waals surface area contributed by atoms with Crippen LogP contribution in [0.5, 0.6) is 0 Å². The Morgan fingerprint density at radius 3 is 1.30 bits per heavy atom. The van der Waals surface area contributed by atoms with Crippen LogP contribution in [0.4, 0.5) is 0 Å². The molecule has 2 aromatic rings. The molecule has 0 spiro atoms. The maximum absolute atomic E-state index is 11.6. The summed E-state index contributed by atoms with van der Waals surface area (Å²) >= 11 is 0. The van der Waals surface area contributed by atoms with Crippen molar-refractivity contribution in [1.29, 1.82) is 0 Å². The van der Waals surface area contributed by atoms with Crippen molar-refractivity contribution in [1.82, 2.24) is 9.80 Å². The fourth-order valence-corrected chi connectivity index (χ4v) is 4.30. The minimum absolute atomic E-state index is 0. The molecule has 0 N–H and O–H groups in total. The lowest BCUT2D eigenvalue weighted by Gasteiger charge is -2.26. The van der Waals surface area contributed by atoms with Crippen LogP contribution in [0.25, 0.3) is 0 Å². The predicted octanol–water partition coefficient (Wildman–Crippen LogP) is 2.66. The molecule has 0 saturated carbocycles. The monoisotopic (exact) mass is 622 g/mol. The molecule has 10 nitrogen and oxygen atoms in total. The highest BCUT2D eigenvalue weighted by atomic mass is 35.5. The van der Waals surface area contributed by atoms with Gasteiger partial charge in [0.15, 0.2) is 0 Å². The summed E-state index contributed by atoms with van der Waals surface area (Å²) in [6.45, 7) is 11.7. The van der Waals surface area contributed by atoms with E-state index in [1.807, 2.05) is 60.7 Å². The highest BCUT2D eigenvalue weighted by Gasteiger charge is 2.11. The fraction of sp³-hybridized carbons (Fsp3) is 0.562. The van der Waals surface area contributed by atoms with Gasteiger partial charge in [0.25, 0.3) is 0 Å². The molecule has 2 aliphatic rings. The second-order valence-corrected chi connectivity index (χ2v) is 9.90. The number of carbonyl (C=O) groups excluding carboxylic acids is 2. The van der Waals surface area contributed by atoms with Crippen molar-refractivity contribution in [3.8, 4) is 0 Å². The summed E-state index contributed by atoms with van der Waals surface area (Å²) in [5, 5.41) is 0. The number of benzene rings is 2. The molecular weight excluding hydrogens is 576 g/mol. The Bertz CT molecular complexity index is 894. The summed E-state index contributed by atoms with van der Waals surface area (Å²) in [5.74, 6) is -0.420. The van der Waals surface area contributed by atoms with Crippen molar-refractivity contribution >= 4 is 24.3 Å². The minimum atomic E-state index is -0.210. The second-order valence-electron chi connectivity index (χ2n) is 9.90. The first kappa shape index (κ1) is 36.6. The molecule has 43 heavy (non-hydrogen) atoms. The van der Waals surface area contributed by atoms with Crippen LogP contribution in [-0.4, -0.2) is 127 Å². The standard InChI is InChI=1S/2C16H23NO4.ClH/c2*18-16(14-15-4-2-1-3-5-15)21-13-12-20-11-8-17-6-9-19-10-7-17;/h2*1-5H,6-14H2;1H. The summed E-state index contributed by atoms with van der Waals surface area (Å²) in [4.78, 5) is 27.8. The molecule has 0 radical (unpaired) electrons. The van der Waals surface area contributed by atoms with Gasteiger partial charge in [0.05, 0.1) is 65.7 Å². The normalized spacial score (nSPS) is 15.4. The molecule has 0 atom stereocenters. The summed E-state index contributed by atoms with van der Waals surface area (Å²) < 4.78 is 31.8. The number of rotatable bonds is 16. The van der Waals surface area contributed by atoms with Gasteiger partial charge in [-0.3, -0.25) is 19.4 Å². The van der Waals surface area contributed by atoms with Crippen LogP contribution in [0.3, 0.4) is 0 Å². The van der Waals surface area contributed by atoms with Crippen LogP contribution in [0.15, 0.2) is 60.7 Å². The van der Waals surface area contributed by atoms with E-state index in [0.717, 1.165) is 76.8 Å². The zero-order valence-electron chi connectivity index (χ0n) is 25.1. The van der Waals surface area contributed by atoms with Crippen molar-refractivity contribution in [3.63, 3.8) is 0 Å². The van der Waals surface area contributed by atoms with E-state index in [-0.39, 0.29) is 24.3 Å². The number of halogens is 1. The van der Waals surface area contributed by atoms with Gasteiger partial charge in [-0.1, -0.05) is 60.7 Å². The van der Waals surface area contributed by atoms with Crippen molar-refractivity contribution in [3.05, 3.63) is 71.8 Å². The Morgan fingerprint density at radius 1 is 0.558 bits per heavy atom. The van der Waals surface area contributed by atoms with E-state index in [9.17, 15) is 9.59 Å². The van der Waals surface area contributed by atoms with Crippen LogP contribution in [-0.2, 0) is 50.9 Å². The number of ether oxygens (including phenoxy) is 6. The molecule has 2 aromatic carbocycles. The van der Waals surface area contributed by atoms with E-state index in [1.54, 1.807) is 0 Å². The third kappa shape index (κ3) is 18.0. The minimum Gasteiger partial charge on any atom is -0.463 e. The van der Waals surface area contributed by atoms with Crippen molar-refractivity contribution in [2.24, 2.45) is 0 Å². The van der Waals surface area contributed by atoms with Crippen LogP contribution in [0.2, 0.25) is 0 Å². The summed E-state index contributed by atoms with van der Waals surface area (Å²) in [5.41, 5.74) is 1.94. The number of nitrogens with zero attached hydrogens (tertiary/aromatic N) is 2. The number of morpholine rings is 2. The molecule has 2 saturated heterocycles. The van der Waals surface area contributed by atoms with Crippen molar-refractivity contribution in [2.75, 3.05) is 105 Å². The molecule has 2 aliphatic heterocycles. The lowest BCUT2D eigenvalue weighted by atomic mass is 10.2. The molecule has 0 amide bonds. The number of hydrogen-bond acceptors (Lipinski definition) is 10. The van der Waals surface area contributed by atoms with Crippen molar-refractivity contribution in [2.45, 2.75) is 12.8 Å². The van der Waals surface area contributed by atoms with E-state index < -0.39 is 0 Å². The molecule has 240 valence electrons. The smallest absolute Gasteiger partial charge is 0.310 e. The van der Waals surface area contributed by atoms with Gasteiger partial charge in [-0.15, -0.1) is 12.4 Å². The van der Waals surface area contributed by atoms with Gasteiger partial charge >= 0.3 is 11.9 Å². The molecule has 0 unspecified atom stereocenters. The highest BCUT2D eigenvalue weighted by Crippen LogP contribution is 2.02. The van der Waals surface area contributed by atoms with Gasteiger partial charge in [0.2, 0.25) is 0 Å². The molecule has 0 aliphatic carbocycles. The Hall–Kier alpha value is -2.57. The summed E-state index contributed by atoms with van der Waals surface area (Å²) in [6.07, 6.45) is 0.628. The van der Waals surface area contributed by atoms with Crippen molar-refractivity contribution < 1.29 is 38.0 Å². The summed E-state index contributed by atoms with van der Waals surface area (Å²) in [6, 6.07) is 19.2. The molecule has 4 rings (SSSR count). The molecule has 0 bridgehead atoms.